The van der Waals surface area contributed by atoms with Gasteiger partial charge in [-0.15, -0.1) is 0 Å². The van der Waals surface area contributed by atoms with Gasteiger partial charge in [0.15, 0.2) is 0 Å². The fourth-order valence-electron chi connectivity index (χ4n) is 1.11. The fourth-order valence-corrected chi connectivity index (χ4v) is 1.11. The van der Waals surface area contributed by atoms with Crippen LogP contribution in [0, 0.1) is 6.07 Å². The SMILES string of the molecule is [c]1cncc(-c2ccccc2)c1. The van der Waals surface area contributed by atoms with Gasteiger partial charge in [-0.1, -0.05) is 30.3 Å². The molecule has 1 nitrogen and oxygen atoms in total. The Labute approximate surface area is 71.7 Å². The second-order valence-corrected chi connectivity index (χ2v) is 2.54. The number of benzene rings is 1. The Morgan fingerprint density at radius 2 is 1.83 bits per heavy atom. The first-order valence-electron chi connectivity index (χ1n) is 3.83. The Bertz CT molecular complexity index is 302. The maximum Gasteiger partial charge on any atom is 0.0347 e. The van der Waals surface area contributed by atoms with E-state index in [-0.39, 0.29) is 0 Å². The Kier molecular flexibility index (Phi) is 1.87. The molecular formula is C11H8N. The van der Waals surface area contributed by atoms with E-state index in [0.717, 1.165) is 5.56 Å². The molecule has 0 aliphatic carbocycles. The predicted octanol–water partition coefficient (Wildman–Crippen LogP) is 2.55. The molecule has 57 valence electrons. The molecule has 0 fully saturated rings. The van der Waals surface area contributed by atoms with E-state index in [9.17, 15) is 0 Å². The number of nitrogens with zero attached hydrogens (tertiary/aromatic N) is 1. The van der Waals surface area contributed by atoms with Crippen LogP contribution in [-0.2, 0) is 0 Å². The monoisotopic (exact) mass is 154 g/mol. The molecule has 1 heteroatoms. The van der Waals surface area contributed by atoms with Gasteiger partial charge in [0.25, 0.3) is 0 Å². The normalized spacial score (nSPS) is 9.67. The lowest BCUT2D eigenvalue weighted by molar-refractivity contribution is 1.32. The van der Waals surface area contributed by atoms with Gasteiger partial charge in [0.05, 0.1) is 0 Å². The summed E-state index contributed by atoms with van der Waals surface area (Å²) >= 11 is 0. The molecule has 0 spiro atoms. The Hall–Kier alpha value is -1.63. The van der Waals surface area contributed by atoms with Crippen LogP contribution in [0.15, 0.2) is 48.8 Å². The van der Waals surface area contributed by atoms with Crippen molar-refractivity contribution in [3.8, 4) is 11.1 Å². The van der Waals surface area contributed by atoms with E-state index < -0.39 is 0 Å². The summed E-state index contributed by atoms with van der Waals surface area (Å²) in [5.41, 5.74) is 2.29. The Balaban J connectivity index is 2.46. The quantitative estimate of drug-likeness (QED) is 0.615. The van der Waals surface area contributed by atoms with E-state index >= 15 is 0 Å². The highest BCUT2D eigenvalue weighted by Gasteiger charge is 1.92. The summed E-state index contributed by atoms with van der Waals surface area (Å²) < 4.78 is 0. The molecule has 0 aliphatic heterocycles. The van der Waals surface area contributed by atoms with Gasteiger partial charge in [-0.05, 0) is 11.6 Å². The van der Waals surface area contributed by atoms with Crippen LogP contribution in [-0.4, -0.2) is 4.98 Å². The van der Waals surface area contributed by atoms with Crippen molar-refractivity contribution >= 4 is 0 Å². The number of pyridine rings is 1. The smallest absolute Gasteiger partial charge is 0.0347 e. The third kappa shape index (κ3) is 1.35. The minimum Gasteiger partial charge on any atom is -0.263 e. The van der Waals surface area contributed by atoms with Gasteiger partial charge in [0, 0.05) is 24.0 Å². The van der Waals surface area contributed by atoms with Crippen molar-refractivity contribution in [1.29, 1.82) is 0 Å². The molecule has 2 aromatic rings. The predicted molar refractivity (Wildman–Crippen MR) is 48.5 cm³/mol. The summed E-state index contributed by atoms with van der Waals surface area (Å²) in [6.45, 7) is 0. The van der Waals surface area contributed by atoms with E-state index in [1.807, 2.05) is 30.5 Å². The van der Waals surface area contributed by atoms with Crippen molar-refractivity contribution in [1.82, 2.24) is 4.98 Å². The zero-order chi connectivity index (χ0) is 8.23. The first-order chi connectivity index (χ1) is 5.97. The summed E-state index contributed by atoms with van der Waals surface area (Å²) in [6.07, 6.45) is 3.50. The molecule has 0 atom stereocenters. The maximum atomic E-state index is 4.01. The van der Waals surface area contributed by atoms with Crippen molar-refractivity contribution in [2.75, 3.05) is 0 Å². The van der Waals surface area contributed by atoms with Crippen molar-refractivity contribution in [2.24, 2.45) is 0 Å². The van der Waals surface area contributed by atoms with Gasteiger partial charge in [-0.3, -0.25) is 4.98 Å². The lowest BCUT2D eigenvalue weighted by atomic mass is 10.1. The molecule has 0 amide bonds. The first-order valence-corrected chi connectivity index (χ1v) is 3.83. The summed E-state index contributed by atoms with van der Waals surface area (Å²) in [7, 11) is 0. The molecule has 0 unspecified atom stereocenters. The molecule has 12 heavy (non-hydrogen) atoms. The number of rotatable bonds is 1. The van der Waals surface area contributed by atoms with Gasteiger partial charge >= 0.3 is 0 Å². The molecular weight excluding hydrogens is 146 g/mol. The van der Waals surface area contributed by atoms with Gasteiger partial charge in [0.1, 0.15) is 0 Å². The van der Waals surface area contributed by atoms with Crippen molar-refractivity contribution in [3.63, 3.8) is 0 Å². The third-order valence-corrected chi connectivity index (χ3v) is 1.71. The van der Waals surface area contributed by atoms with Crippen LogP contribution in [0.3, 0.4) is 0 Å². The van der Waals surface area contributed by atoms with E-state index in [1.165, 1.54) is 5.56 Å². The Morgan fingerprint density at radius 1 is 1.00 bits per heavy atom. The summed E-state index contributed by atoms with van der Waals surface area (Å²) in [4.78, 5) is 4.01. The van der Waals surface area contributed by atoms with Crippen LogP contribution in [0.25, 0.3) is 11.1 Å². The molecule has 0 aliphatic rings. The number of hydrogen-bond donors (Lipinski definition) is 0. The molecule has 1 heterocycles. The lowest BCUT2D eigenvalue weighted by Crippen LogP contribution is -1.77. The van der Waals surface area contributed by atoms with Gasteiger partial charge in [-0.2, -0.15) is 0 Å². The standard InChI is InChI=1S/C11H8N/c1-2-5-10(6-3-1)11-7-4-8-12-9-11/h1-3,5-9H. The summed E-state index contributed by atoms with van der Waals surface area (Å²) in [5, 5.41) is 0. The van der Waals surface area contributed by atoms with E-state index in [0.29, 0.717) is 0 Å². The van der Waals surface area contributed by atoms with Gasteiger partial charge < -0.3 is 0 Å². The van der Waals surface area contributed by atoms with Crippen LogP contribution in [0.4, 0.5) is 0 Å². The van der Waals surface area contributed by atoms with E-state index in [2.05, 4.69) is 23.2 Å². The molecule has 0 bridgehead atoms. The molecule has 1 radical (unpaired) electrons. The molecule has 0 saturated carbocycles. The van der Waals surface area contributed by atoms with Crippen LogP contribution in [0.1, 0.15) is 0 Å². The lowest BCUT2D eigenvalue weighted by Gasteiger charge is -1.97. The van der Waals surface area contributed by atoms with Gasteiger partial charge in [0.2, 0.25) is 0 Å². The second kappa shape index (κ2) is 3.18. The highest BCUT2D eigenvalue weighted by atomic mass is 14.6. The zero-order valence-corrected chi connectivity index (χ0v) is 6.57. The molecule has 1 aromatic carbocycles. The highest BCUT2D eigenvalue weighted by molar-refractivity contribution is 5.61. The maximum absolute atomic E-state index is 4.01. The van der Waals surface area contributed by atoms with E-state index in [4.69, 9.17) is 0 Å². The summed E-state index contributed by atoms with van der Waals surface area (Å²) in [6, 6.07) is 15.0. The first kappa shape index (κ1) is 7.04. The average molecular weight is 154 g/mol. The average Bonchev–Trinajstić information content (AvgIpc) is 2.21. The Morgan fingerprint density at radius 3 is 2.50 bits per heavy atom. The minimum absolute atomic E-state index is 1.11. The second-order valence-electron chi connectivity index (χ2n) is 2.54. The number of hydrogen-bond acceptors (Lipinski definition) is 1. The summed E-state index contributed by atoms with van der Waals surface area (Å²) in [5.74, 6) is 0. The van der Waals surface area contributed by atoms with E-state index in [1.54, 1.807) is 6.20 Å². The molecule has 0 N–H and O–H groups in total. The van der Waals surface area contributed by atoms with Crippen LogP contribution in [0.2, 0.25) is 0 Å². The van der Waals surface area contributed by atoms with Crippen LogP contribution in [0.5, 0.6) is 0 Å². The van der Waals surface area contributed by atoms with Crippen LogP contribution >= 0.6 is 0 Å². The zero-order valence-electron chi connectivity index (χ0n) is 6.57. The van der Waals surface area contributed by atoms with Crippen molar-refractivity contribution < 1.29 is 0 Å². The van der Waals surface area contributed by atoms with Crippen LogP contribution < -0.4 is 0 Å². The third-order valence-electron chi connectivity index (χ3n) is 1.71. The largest absolute Gasteiger partial charge is 0.263 e. The number of aromatic nitrogens is 1. The fraction of sp³-hybridized carbons (Fsp3) is 0. The molecule has 1 aromatic heterocycles. The van der Waals surface area contributed by atoms with Gasteiger partial charge in [-0.25, -0.2) is 0 Å². The van der Waals surface area contributed by atoms with Crippen molar-refractivity contribution in [2.45, 2.75) is 0 Å². The molecule has 2 rings (SSSR count). The topological polar surface area (TPSA) is 12.9 Å². The van der Waals surface area contributed by atoms with Crippen molar-refractivity contribution in [3.05, 3.63) is 54.9 Å². The molecule has 0 saturated heterocycles. The highest BCUT2D eigenvalue weighted by Crippen LogP contribution is 2.15. The minimum atomic E-state index is 1.11.